The van der Waals surface area contributed by atoms with Crippen LogP contribution < -0.4 is 28.7 Å². The van der Waals surface area contributed by atoms with Gasteiger partial charge in [-0.15, -0.1) is 0 Å². The van der Waals surface area contributed by atoms with E-state index >= 15 is 0 Å². The second-order valence-corrected chi connectivity index (χ2v) is 19.7. The normalized spacial score (nSPS) is 11.4. The molecule has 4 nitrogen and oxygen atoms in total. The molecule has 0 saturated carbocycles. The molecule has 0 heterocycles. The van der Waals surface area contributed by atoms with Crippen molar-refractivity contribution in [2.45, 2.75) is 134 Å². The average molecular weight is 867 g/mol. The van der Waals surface area contributed by atoms with Crippen molar-refractivity contribution in [2.75, 3.05) is 0 Å². The van der Waals surface area contributed by atoms with Crippen LogP contribution in [0.15, 0.2) is 97.1 Å². The smallest absolute Gasteiger partial charge is 0.326 e. The van der Waals surface area contributed by atoms with Crippen LogP contribution in [0.25, 0.3) is 11.1 Å². The Morgan fingerprint density at radius 1 is 0.290 bits per heavy atom. The van der Waals surface area contributed by atoms with E-state index in [1.807, 2.05) is 0 Å². The Morgan fingerprint density at radius 3 is 0.726 bits per heavy atom. The van der Waals surface area contributed by atoms with Gasteiger partial charge in [0.2, 0.25) is 0 Å². The minimum Gasteiger partial charge on any atom is -0.435 e. The van der Waals surface area contributed by atoms with Gasteiger partial charge in [-0.3, -0.25) is 0 Å². The van der Waals surface area contributed by atoms with Crippen LogP contribution in [0.4, 0.5) is 0 Å². The second kappa shape index (κ2) is 21.6. The molecule has 62 heavy (non-hydrogen) atoms. The van der Waals surface area contributed by atoms with E-state index in [-0.39, 0.29) is 0 Å². The highest BCUT2D eigenvalue weighted by molar-refractivity contribution is 7.57. The van der Waals surface area contributed by atoms with Gasteiger partial charge in [0.1, 0.15) is 23.0 Å². The average Bonchev–Trinajstić information content (AvgIpc) is 3.28. The molecular formula is C56H68O4P2. The van der Waals surface area contributed by atoms with Crippen LogP contribution in [0.3, 0.4) is 0 Å². The van der Waals surface area contributed by atoms with Crippen molar-refractivity contribution < 1.29 is 18.1 Å². The van der Waals surface area contributed by atoms with Crippen LogP contribution in [0, 0.1) is 55.4 Å². The topological polar surface area (TPSA) is 36.9 Å². The quantitative estimate of drug-likeness (QED) is 0.0760. The molecular weight excluding hydrogens is 799 g/mol. The highest BCUT2D eigenvalue weighted by atomic mass is 31.2. The van der Waals surface area contributed by atoms with Crippen molar-refractivity contribution in [3.63, 3.8) is 0 Å². The highest BCUT2D eigenvalue weighted by Crippen LogP contribution is 2.46. The lowest BCUT2D eigenvalue weighted by molar-refractivity contribution is 0.496. The lowest BCUT2D eigenvalue weighted by Crippen LogP contribution is -2.12. The maximum atomic E-state index is 6.89. The molecule has 0 spiro atoms. The summed E-state index contributed by atoms with van der Waals surface area (Å²) >= 11 is 0. The number of benzene rings is 6. The Bertz CT molecular complexity index is 2150. The summed E-state index contributed by atoms with van der Waals surface area (Å²) in [6, 6.07) is 34.7. The van der Waals surface area contributed by atoms with E-state index in [4.69, 9.17) is 18.1 Å². The van der Waals surface area contributed by atoms with E-state index in [0.717, 1.165) is 96.1 Å². The third-order valence-electron chi connectivity index (χ3n) is 12.7. The number of aryl methyl sites for hydroxylation is 4. The first-order valence-corrected chi connectivity index (χ1v) is 25.1. The Labute approximate surface area is 376 Å². The summed E-state index contributed by atoms with van der Waals surface area (Å²) in [5.74, 6) is 3.48. The Kier molecular flexibility index (Phi) is 16.4. The second-order valence-electron chi connectivity index (χ2n) is 16.9. The first-order chi connectivity index (χ1) is 29.9. The molecule has 0 aromatic heterocycles. The largest absolute Gasteiger partial charge is 0.435 e. The molecule has 0 aliphatic rings. The molecule has 0 unspecified atom stereocenters. The molecule has 6 aromatic carbocycles. The predicted octanol–water partition coefficient (Wildman–Crippen LogP) is 15.8. The monoisotopic (exact) mass is 866 g/mol. The van der Waals surface area contributed by atoms with E-state index in [0.29, 0.717) is 0 Å². The molecule has 6 rings (SSSR count). The standard InChI is InChI=1S/C56H68O4P2/c1-13-17-45-25-33-53(41(9)37(45)5)57-61(58-54-34-26-46(18-14-2)38(6)42(54)10)51-29-21-49(22-30-51)50-23-31-52(32-24-50)62(59-55-35-27-47(19-15-3)39(7)43(55)11)60-56-36-28-48(20-16-4)40(8)44(56)12/h21-36H,13-20H2,1-12H3. The van der Waals surface area contributed by atoms with Crippen molar-refractivity contribution >= 4 is 27.4 Å². The van der Waals surface area contributed by atoms with Gasteiger partial charge in [-0.25, -0.2) is 0 Å². The minimum absolute atomic E-state index is 0.871. The molecule has 0 N–H and O–H groups in total. The molecule has 0 radical (unpaired) electrons. The van der Waals surface area contributed by atoms with Gasteiger partial charge < -0.3 is 18.1 Å². The maximum absolute atomic E-state index is 6.89. The van der Waals surface area contributed by atoms with Gasteiger partial charge in [-0.2, -0.15) is 0 Å². The van der Waals surface area contributed by atoms with Crippen molar-refractivity contribution in [1.82, 2.24) is 0 Å². The number of hydrogen-bond donors (Lipinski definition) is 0. The predicted molar refractivity (Wildman–Crippen MR) is 267 cm³/mol. The van der Waals surface area contributed by atoms with Gasteiger partial charge in [0.05, 0.1) is 10.6 Å². The third kappa shape index (κ3) is 10.8. The summed E-state index contributed by atoms with van der Waals surface area (Å²) in [5, 5.41) is 2.03. The van der Waals surface area contributed by atoms with Crippen molar-refractivity contribution in [1.29, 1.82) is 0 Å². The van der Waals surface area contributed by atoms with Crippen molar-refractivity contribution in [3.8, 4) is 34.1 Å². The molecule has 0 bridgehead atoms. The zero-order chi connectivity index (χ0) is 44.5. The van der Waals surface area contributed by atoms with Gasteiger partial charge in [-0.1, -0.05) is 102 Å². The zero-order valence-corrected chi connectivity index (χ0v) is 41.2. The third-order valence-corrected chi connectivity index (χ3v) is 15.6. The van der Waals surface area contributed by atoms with Crippen LogP contribution in [0.2, 0.25) is 0 Å². The molecule has 0 aliphatic heterocycles. The number of rotatable bonds is 19. The maximum Gasteiger partial charge on any atom is 0.326 e. The summed E-state index contributed by atoms with van der Waals surface area (Å²) in [5.41, 5.74) is 17.6. The molecule has 0 fully saturated rings. The summed E-state index contributed by atoms with van der Waals surface area (Å²) in [7, 11) is -2.99. The van der Waals surface area contributed by atoms with Gasteiger partial charge >= 0.3 is 16.8 Å². The lowest BCUT2D eigenvalue weighted by atomic mass is 9.99. The minimum atomic E-state index is -1.49. The van der Waals surface area contributed by atoms with Crippen LogP contribution >= 0.6 is 16.8 Å². The summed E-state index contributed by atoms with van der Waals surface area (Å²) in [6.07, 6.45) is 8.68. The van der Waals surface area contributed by atoms with Gasteiger partial charge in [0, 0.05) is 0 Å². The van der Waals surface area contributed by atoms with E-state index in [1.165, 1.54) is 66.8 Å². The van der Waals surface area contributed by atoms with Gasteiger partial charge in [0.25, 0.3) is 0 Å². The van der Waals surface area contributed by atoms with E-state index in [9.17, 15) is 0 Å². The van der Waals surface area contributed by atoms with Crippen LogP contribution in [-0.4, -0.2) is 0 Å². The molecule has 0 amide bonds. The van der Waals surface area contributed by atoms with E-state index in [1.54, 1.807) is 0 Å². The molecule has 0 aliphatic carbocycles. The van der Waals surface area contributed by atoms with Gasteiger partial charge in [-0.05, 0) is 207 Å². The van der Waals surface area contributed by atoms with Crippen molar-refractivity contribution in [3.05, 3.63) is 164 Å². The summed E-state index contributed by atoms with van der Waals surface area (Å²) in [6.45, 7) is 26.4. The van der Waals surface area contributed by atoms with Crippen LogP contribution in [0.1, 0.15) is 120 Å². The molecule has 6 aromatic rings. The summed E-state index contributed by atoms with van der Waals surface area (Å²) in [4.78, 5) is 0. The Hall–Kier alpha value is -4.62. The lowest BCUT2D eigenvalue weighted by Gasteiger charge is -2.23. The van der Waals surface area contributed by atoms with Crippen LogP contribution in [0.5, 0.6) is 23.0 Å². The molecule has 0 atom stereocenters. The molecule has 326 valence electrons. The van der Waals surface area contributed by atoms with E-state index in [2.05, 4.69) is 180 Å². The first-order valence-electron chi connectivity index (χ1n) is 22.8. The van der Waals surface area contributed by atoms with Crippen molar-refractivity contribution in [2.24, 2.45) is 0 Å². The molecule has 6 heteroatoms. The highest BCUT2D eigenvalue weighted by Gasteiger charge is 2.24. The fourth-order valence-electron chi connectivity index (χ4n) is 8.12. The first kappa shape index (κ1) is 46.9. The fraction of sp³-hybridized carbons (Fsp3) is 0.357. The Balaban J connectivity index is 1.31. The molecule has 0 saturated heterocycles. The SMILES string of the molecule is CCCc1ccc(OP(Oc2ccc(CCC)c(C)c2C)c2ccc(-c3ccc(P(Oc4ccc(CCC)c(C)c4C)Oc4ccc(CCC)c(C)c4C)cc3)cc2)c(C)c1C. The fourth-order valence-corrected chi connectivity index (χ4v) is 10.9. The van der Waals surface area contributed by atoms with Gasteiger partial charge in [0.15, 0.2) is 0 Å². The zero-order valence-electron chi connectivity index (χ0n) is 39.4. The number of hydrogen-bond acceptors (Lipinski definition) is 4. The van der Waals surface area contributed by atoms with Crippen LogP contribution in [-0.2, 0) is 25.7 Å². The summed E-state index contributed by atoms with van der Waals surface area (Å²) < 4.78 is 27.6. The van der Waals surface area contributed by atoms with E-state index < -0.39 is 16.8 Å². The Morgan fingerprint density at radius 2 is 0.516 bits per heavy atom.